The zero-order valence-corrected chi connectivity index (χ0v) is 9.25. The van der Waals surface area contributed by atoms with Crippen LogP contribution in [0.1, 0.15) is 15.9 Å². The number of benzene rings is 2. The quantitative estimate of drug-likeness (QED) is 0.620. The Morgan fingerprint density at radius 2 is 1.75 bits per heavy atom. The van der Waals surface area contributed by atoms with Gasteiger partial charge in [-0.25, -0.2) is 4.39 Å². The smallest absolute Gasteiger partial charge is 0.194 e. The molecule has 0 amide bonds. The first-order valence-corrected chi connectivity index (χ1v) is 5.21. The molecular weight excluding hydrogens is 223 g/mol. The molecule has 0 saturated heterocycles. The third kappa shape index (κ3) is 2.14. The molecule has 0 N–H and O–H groups in total. The number of carbonyl (C=O) groups is 1. The third-order valence-electron chi connectivity index (χ3n) is 2.24. The highest BCUT2D eigenvalue weighted by Crippen LogP contribution is 2.19. The summed E-state index contributed by atoms with van der Waals surface area (Å²) in [5.74, 6) is -0.651. The Bertz CT molecular complexity index is 523. The molecule has 0 saturated carbocycles. The van der Waals surface area contributed by atoms with Crippen LogP contribution in [0, 0.1) is 5.82 Å². The Balaban J connectivity index is 2.46. The lowest BCUT2D eigenvalue weighted by Crippen LogP contribution is -2.02. The van der Waals surface area contributed by atoms with E-state index in [1.807, 2.05) is 6.07 Å². The lowest BCUT2D eigenvalue weighted by molar-refractivity contribution is 0.103. The van der Waals surface area contributed by atoms with Gasteiger partial charge in [0.05, 0.1) is 0 Å². The second-order valence-corrected chi connectivity index (χ2v) is 3.84. The van der Waals surface area contributed by atoms with E-state index in [1.165, 1.54) is 18.2 Å². The van der Waals surface area contributed by atoms with Crippen molar-refractivity contribution in [3.05, 3.63) is 65.5 Å². The molecule has 2 aromatic rings. The van der Waals surface area contributed by atoms with Crippen molar-refractivity contribution in [2.24, 2.45) is 0 Å². The van der Waals surface area contributed by atoms with E-state index in [0.29, 0.717) is 10.5 Å². The predicted octanol–water partition coefficient (Wildman–Crippen LogP) is 3.35. The first kappa shape index (κ1) is 10.9. The van der Waals surface area contributed by atoms with Gasteiger partial charge in [-0.05, 0) is 18.2 Å². The van der Waals surface area contributed by atoms with E-state index in [0.717, 1.165) is 0 Å². The zero-order chi connectivity index (χ0) is 11.5. The maximum Gasteiger partial charge on any atom is 0.194 e. The van der Waals surface area contributed by atoms with Crippen LogP contribution < -0.4 is 0 Å². The highest BCUT2D eigenvalue weighted by molar-refractivity contribution is 7.80. The summed E-state index contributed by atoms with van der Waals surface area (Å²) in [6.07, 6.45) is 0. The monoisotopic (exact) mass is 232 g/mol. The first-order chi connectivity index (χ1) is 7.68. The lowest BCUT2D eigenvalue weighted by Gasteiger charge is -2.04. The van der Waals surface area contributed by atoms with Crippen molar-refractivity contribution in [3.8, 4) is 0 Å². The average molecular weight is 232 g/mol. The van der Waals surface area contributed by atoms with Gasteiger partial charge in [0.1, 0.15) is 5.82 Å². The van der Waals surface area contributed by atoms with Gasteiger partial charge in [0.2, 0.25) is 0 Å². The molecule has 0 atom stereocenters. The number of halogens is 1. The Morgan fingerprint density at radius 3 is 2.44 bits per heavy atom. The molecule has 16 heavy (non-hydrogen) atoms. The molecular formula is C13H9FOS. The highest BCUT2D eigenvalue weighted by atomic mass is 32.1. The minimum Gasteiger partial charge on any atom is -0.289 e. The minimum atomic E-state index is -0.433. The number of rotatable bonds is 2. The zero-order valence-electron chi connectivity index (χ0n) is 8.35. The molecule has 0 fully saturated rings. The molecule has 0 aliphatic rings. The van der Waals surface area contributed by atoms with Crippen LogP contribution in [0.5, 0.6) is 0 Å². The number of thiol groups is 1. The van der Waals surface area contributed by atoms with Crippen molar-refractivity contribution in [2.45, 2.75) is 4.90 Å². The van der Waals surface area contributed by atoms with Crippen molar-refractivity contribution in [1.29, 1.82) is 0 Å². The Hall–Kier alpha value is -1.61. The van der Waals surface area contributed by atoms with E-state index >= 15 is 0 Å². The fraction of sp³-hybridized carbons (Fsp3) is 0. The van der Waals surface area contributed by atoms with E-state index < -0.39 is 5.82 Å². The molecule has 0 radical (unpaired) electrons. The van der Waals surface area contributed by atoms with Gasteiger partial charge < -0.3 is 0 Å². The summed E-state index contributed by atoms with van der Waals surface area (Å²) < 4.78 is 13.0. The Kier molecular flexibility index (Phi) is 3.06. The SMILES string of the molecule is O=C(c1ccccc1)c1cc(F)ccc1S. The van der Waals surface area contributed by atoms with Crippen LogP contribution >= 0.6 is 12.6 Å². The fourth-order valence-corrected chi connectivity index (χ4v) is 1.68. The van der Waals surface area contributed by atoms with Crippen LogP contribution in [-0.2, 0) is 0 Å². The van der Waals surface area contributed by atoms with Gasteiger partial charge in [-0.1, -0.05) is 30.3 Å². The van der Waals surface area contributed by atoms with E-state index in [1.54, 1.807) is 24.3 Å². The molecule has 0 aliphatic carbocycles. The van der Waals surface area contributed by atoms with Crippen LogP contribution in [0.25, 0.3) is 0 Å². The van der Waals surface area contributed by atoms with Gasteiger partial charge in [0.15, 0.2) is 5.78 Å². The van der Waals surface area contributed by atoms with Crippen molar-refractivity contribution in [2.75, 3.05) is 0 Å². The Morgan fingerprint density at radius 1 is 1.06 bits per heavy atom. The lowest BCUT2D eigenvalue weighted by atomic mass is 10.0. The predicted molar refractivity (Wildman–Crippen MR) is 63.5 cm³/mol. The molecule has 0 heterocycles. The maximum absolute atomic E-state index is 13.0. The summed E-state index contributed by atoms with van der Waals surface area (Å²) in [4.78, 5) is 12.5. The van der Waals surface area contributed by atoms with Gasteiger partial charge in [-0.2, -0.15) is 0 Å². The number of hydrogen-bond acceptors (Lipinski definition) is 2. The second kappa shape index (κ2) is 4.49. The van der Waals surface area contributed by atoms with Crippen LogP contribution in [0.15, 0.2) is 53.4 Å². The normalized spacial score (nSPS) is 10.1. The van der Waals surface area contributed by atoms with Gasteiger partial charge in [-0.3, -0.25) is 4.79 Å². The molecule has 1 nitrogen and oxygen atoms in total. The van der Waals surface area contributed by atoms with E-state index in [4.69, 9.17) is 0 Å². The van der Waals surface area contributed by atoms with E-state index in [2.05, 4.69) is 12.6 Å². The molecule has 0 spiro atoms. The molecule has 0 bridgehead atoms. The number of carbonyl (C=O) groups excluding carboxylic acids is 1. The summed E-state index contributed by atoms with van der Waals surface area (Å²) >= 11 is 4.15. The summed E-state index contributed by atoms with van der Waals surface area (Å²) in [6, 6.07) is 12.7. The summed E-state index contributed by atoms with van der Waals surface area (Å²) in [6.45, 7) is 0. The number of hydrogen-bond donors (Lipinski definition) is 1. The van der Waals surface area contributed by atoms with Crippen LogP contribution in [0.3, 0.4) is 0 Å². The third-order valence-corrected chi connectivity index (χ3v) is 2.63. The summed E-state index contributed by atoms with van der Waals surface area (Å²) in [7, 11) is 0. The molecule has 0 aromatic heterocycles. The van der Waals surface area contributed by atoms with Crippen molar-refractivity contribution in [3.63, 3.8) is 0 Å². The van der Waals surface area contributed by atoms with E-state index in [-0.39, 0.29) is 11.3 Å². The maximum atomic E-state index is 13.0. The van der Waals surface area contributed by atoms with Crippen molar-refractivity contribution < 1.29 is 9.18 Å². The molecule has 2 rings (SSSR count). The average Bonchev–Trinajstić information content (AvgIpc) is 2.32. The van der Waals surface area contributed by atoms with Gasteiger partial charge in [-0.15, -0.1) is 12.6 Å². The van der Waals surface area contributed by atoms with Gasteiger partial charge >= 0.3 is 0 Å². The molecule has 3 heteroatoms. The van der Waals surface area contributed by atoms with Crippen molar-refractivity contribution in [1.82, 2.24) is 0 Å². The largest absolute Gasteiger partial charge is 0.289 e. The molecule has 0 unspecified atom stereocenters. The van der Waals surface area contributed by atoms with Crippen molar-refractivity contribution >= 4 is 18.4 Å². The van der Waals surface area contributed by atoms with Crippen LogP contribution in [0.2, 0.25) is 0 Å². The van der Waals surface area contributed by atoms with Gasteiger partial charge in [0, 0.05) is 16.0 Å². The summed E-state index contributed by atoms with van der Waals surface area (Å²) in [5.41, 5.74) is 0.818. The summed E-state index contributed by atoms with van der Waals surface area (Å²) in [5, 5.41) is 0. The van der Waals surface area contributed by atoms with Gasteiger partial charge in [0.25, 0.3) is 0 Å². The standard InChI is InChI=1S/C13H9FOS/c14-10-6-7-12(16)11(8-10)13(15)9-4-2-1-3-5-9/h1-8,16H. The van der Waals surface area contributed by atoms with Crippen LogP contribution in [-0.4, -0.2) is 5.78 Å². The molecule has 0 aliphatic heterocycles. The fourth-order valence-electron chi connectivity index (χ4n) is 1.44. The van der Waals surface area contributed by atoms with Crippen LogP contribution in [0.4, 0.5) is 4.39 Å². The molecule has 80 valence electrons. The minimum absolute atomic E-state index is 0.217. The molecule has 2 aromatic carbocycles. The topological polar surface area (TPSA) is 17.1 Å². The second-order valence-electron chi connectivity index (χ2n) is 3.36. The Labute approximate surface area is 98.3 Å². The first-order valence-electron chi connectivity index (χ1n) is 4.77. The van der Waals surface area contributed by atoms with E-state index in [9.17, 15) is 9.18 Å². The highest BCUT2D eigenvalue weighted by Gasteiger charge is 2.12. The number of ketones is 1.